The second-order valence-corrected chi connectivity index (χ2v) is 7.05. The van der Waals surface area contributed by atoms with Gasteiger partial charge < -0.3 is 21.5 Å². The maximum absolute atomic E-state index is 8.85. The number of hydrogen-bond acceptors (Lipinski definition) is 7. The molecule has 0 saturated heterocycles. The maximum atomic E-state index is 8.85. The van der Waals surface area contributed by atoms with Crippen molar-refractivity contribution >= 4 is 28.4 Å². The maximum Gasteiger partial charge on any atom is 0.110 e. The summed E-state index contributed by atoms with van der Waals surface area (Å²) in [7, 11) is 0. The topological polar surface area (TPSA) is 101 Å². The van der Waals surface area contributed by atoms with Crippen LogP contribution >= 0.6 is 11.8 Å². The van der Waals surface area contributed by atoms with Crippen molar-refractivity contribution in [1.29, 1.82) is 0 Å². The number of pyridine rings is 1. The molecule has 0 saturated carbocycles. The zero-order chi connectivity index (χ0) is 17.9. The van der Waals surface area contributed by atoms with Crippen LogP contribution in [0.25, 0.3) is 22.2 Å². The molecule has 3 aromatic rings. The first-order valence-corrected chi connectivity index (χ1v) is 9.57. The fourth-order valence-corrected chi connectivity index (χ4v) is 4.34. The van der Waals surface area contributed by atoms with Crippen LogP contribution in [0.3, 0.4) is 0 Å². The Morgan fingerprint density at radius 3 is 2.96 bits per heavy atom. The van der Waals surface area contributed by atoms with Crippen molar-refractivity contribution in [1.82, 2.24) is 20.1 Å². The van der Waals surface area contributed by atoms with Gasteiger partial charge in [-0.2, -0.15) is 5.10 Å². The molecule has 7 nitrogen and oxygen atoms in total. The van der Waals surface area contributed by atoms with Gasteiger partial charge >= 0.3 is 0 Å². The van der Waals surface area contributed by atoms with Crippen molar-refractivity contribution in [3.8, 4) is 11.3 Å². The molecule has 0 atom stereocenters. The van der Waals surface area contributed by atoms with E-state index in [0.717, 1.165) is 50.9 Å². The van der Waals surface area contributed by atoms with Gasteiger partial charge in [-0.3, -0.25) is 4.68 Å². The number of fused-ring (bicyclic) bond motifs is 2. The van der Waals surface area contributed by atoms with Crippen LogP contribution in [-0.4, -0.2) is 52.7 Å². The largest absolute Gasteiger partial charge is 0.395 e. The normalized spacial score (nSPS) is 12.4. The van der Waals surface area contributed by atoms with E-state index >= 15 is 0 Å². The molecule has 1 aliphatic heterocycles. The molecular formula is C18H22N6OS. The van der Waals surface area contributed by atoms with Crippen molar-refractivity contribution in [3.05, 3.63) is 30.5 Å². The van der Waals surface area contributed by atoms with E-state index in [9.17, 15) is 0 Å². The first-order valence-electron chi connectivity index (χ1n) is 8.75. The Morgan fingerprint density at radius 1 is 1.19 bits per heavy atom. The Morgan fingerprint density at radius 2 is 2.12 bits per heavy atom. The molecular weight excluding hydrogens is 348 g/mol. The number of nitrogens with one attached hydrogen (secondary N) is 2. The van der Waals surface area contributed by atoms with E-state index in [1.165, 1.54) is 0 Å². The number of aromatic nitrogens is 3. The number of aliphatic hydroxyl groups is 1. The molecule has 1 aliphatic rings. The Bertz CT molecular complexity index is 925. The minimum Gasteiger partial charge on any atom is -0.395 e. The minimum absolute atomic E-state index is 0.152. The molecule has 0 unspecified atom stereocenters. The average Bonchev–Trinajstić information content (AvgIpc) is 3.03. The minimum atomic E-state index is 0.152. The highest BCUT2D eigenvalue weighted by molar-refractivity contribution is 7.99. The predicted octanol–water partition coefficient (Wildman–Crippen LogP) is 1.52. The van der Waals surface area contributed by atoms with Gasteiger partial charge in [0.05, 0.1) is 18.7 Å². The van der Waals surface area contributed by atoms with Gasteiger partial charge in [-0.05, 0) is 24.3 Å². The van der Waals surface area contributed by atoms with E-state index in [0.29, 0.717) is 19.6 Å². The zero-order valence-corrected chi connectivity index (χ0v) is 15.2. The van der Waals surface area contributed by atoms with Gasteiger partial charge in [-0.15, -0.1) is 0 Å². The van der Waals surface area contributed by atoms with Crippen LogP contribution in [0.15, 0.2) is 40.4 Å². The van der Waals surface area contributed by atoms with Crippen molar-refractivity contribution in [2.45, 2.75) is 16.5 Å². The van der Waals surface area contributed by atoms with Crippen LogP contribution in [0.2, 0.25) is 0 Å². The van der Waals surface area contributed by atoms with Gasteiger partial charge in [0.2, 0.25) is 0 Å². The lowest BCUT2D eigenvalue weighted by molar-refractivity contribution is 0.293. The van der Waals surface area contributed by atoms with E-state index in [4.69, 9.17) is 15.9 Å². The Hall–Kier alpha value is -2.13. The number of aliphatic hydroxyl groups excluding tert-OH is 1. The molecule has 3 heterocycles. The van der Waals surface area contributed by atoms with Gasteiger partial charge in [0.1, 0.15) is 10.7 Å². The lowest BCUT2D eigenvalue weighted by Gasteiger charge is -2.18. The number of nitrogens with two attached hydrogens (primary N) is 1. The van der Waals surface area contributed by atoms with Crippen LogP contribution in [0.1, 0.15) is 0 Å². The van der Waals surface area contributed by atoms with E-state index in [2.05, 4.69) is 33.8 Å². The molecule has 0 amide bonds. The molecule has 136 valence electrons. The Labute approximate surface area is 156 Å². The monoisotopic (exact) mass is 370 g/mol. The van der Waals surface area contributed by atoms with Crippen molar-refractivity contribution in [3.63, 3.8) is 0 Å². The second kappa shape index (κ2) is 7.63. The third kappa shape index (κ3) is 3.05. The summed E-state index contributed by atoms with van der Waals surface area (Å²) in [4.78, 5) is 5.70. The quantitative estimate of drug-likeness (QED) is 0.349. The van der Waals surface area contributed by atoms with E-state index in [-0.39, 0.29) is 6.61 Å². The van der Waals surface area contributed by atoms with Crippen LogP contribution in [0.4, 0.5) is 5.69 Å². The molecule has 26 heavy (non-hydrogen) atoms. The SMILES string of the molecule is NCCn1nc2c3c(c(NCCNCCO)ccc31)Sc1ncccc1-2. The Balaban J connectivity index is 1.74. The summed E-state index contributed by atoms with van der Waals surface area (Å²) in [5.74, 6) is 0. The van der Waals surface area contributed by atoms with Gasteiger partial charge in [0, 0.05) is 53.9 Å². The molecule has 2 aromatic heterocycles. The Kier molecular flexibility index (Phi) is 5.07. The van der Waals surface area contributed by atoms with Crippen molar-refractivity contribution in [2.24, 2.45) is 5.73 Å². The van der Waals surface area contributed by atoms with E-state index in [1.54, 1.807) is 11.8 Å². The lowest BCUT2D eigenvalue weighted by Crippen LogP contribution is -2.25. The fraction of sp³-hybridized carbons (Fsp3) is 0.333. The first kappa shape index (κ1) is 17.3. The molecule has 8 heteroatoms. The second-order valence-electron chi connectivity index (χ2n) is 6.06. The van der Waals surface area contributed by atoms with E-state index in [1.807, 2.05) is 16.9 Å². The summed E-state index contributed by atoms with van der Waals surface area (Å²) in [5.41, 5.74) is 10.0. The predicted molar refractivity (Wildman–Crippen MR) is 105 cm³/mol. The summed E-state index contributed by atoms with van der Waals surface area (Å²) < 4.78 is 1.99. The summed E-state index contributed by atoms with van der Waals surface area (Å²) >= 11 is 1.68. The number of nitrogens with zero attached hydrogens (tertiary/aromatic N) is 3. The first-order chi connectivity index (χ1) is 12.8. The smallest absolute Gasteiger partial charge is 0.110 e. The lowest BCUT2D eigenvalue weighted by atomic mass is 10.1. The van der Waals surface area contributed by atoms with Gasteiger partial charge in [-0.25, -0.2) is 4.98 Å². The molecule has 4 rings (SSSR count). The number of anilines is 1. The highest BCUT2D eigenvalue weighted by Crippen LogP contribution is 2.49. The third-order valence-corrected chi connectivity index (χ3v) is 5.49. The van der Waals surface area contributed by atoms with Gasteiger partial charge in [0.25, 0.3) is 0 Å². The summed E-state index contributed by atoms with van der Waals surface area (Å²) in [6.45, 7) is 3.56. The molecule has 5 N–H and O–H groups in total. The molecule has 0 fully saturated rings. The average molecular weight is 370 g/mol. The van der Waals surface area contributed by atoms with Gasteiger partial charge in [-0.1, -0.05) is 11.8 Å². The molecule has 1 aromatic carbocycles. The zero-order valence-electron chi connectivity index (χ0n) is 14.4. The number of hydrogen-bond donors (Lipinski definition) is 4. The van der Waals surface area contributed by atoms with Crippen molar-refractivity contribution < 1.29 is 5.11 Å². The highest BCUT2D eigenvalue weighted by atomic mass is 32.2. The number of rotatable bonds is 8. The summed E-state index contributed by atoms with van der Waals surface area (Å²) in [5, 5.41) is 22.5. The fourth-order valence-electron chi connectivity index (χ4n) is 3.21. The van der Waals surface area contributed by atoms with Crippen molar-refractivity contribution in [2.75, 3.05) is 38.1 Å². The van der Waals surface area contributed by atoms with Crippen LogP contribution in [-0.2, 0) is 6.54 Å². The molecule has 0 radical (unpaired) electrons. The van der Waals surface area contributed by atoms with Gasteiger partial charge in [0.15, 0.2) is 0 Å². The van der Waals surface area contributed by atoms with Crippen LogP contribution in [0.5, 0.6) is 0 Å². The molecule has 0 aliphatic carbocycles. The molecule has 0 spiro atoms. The third-order valence-electron chi connectivity index (χ3n) is 4.34. The number of benzene rings is 1. The summed E-state index contributed by atoms with van der Waals surface area (Å²) in [6.07, 6.45) is 1.82. The van der Waals surface area contributed by atoms with E-state index < -0.39 is 0 Å². The van der Waals surface area contributed by atoms with Crippen LogP contribution in [0, 0.1) is 0 Å². The summed E-state index contributed by atoms with van der Waals surface area (Å²) in [6, 6.07) is 8.23. The standard InChI is InChI=1S/C18H22N6OS/c19-5-10-24-14-4-3-13(21-8-7-20-9-11-25)17-15(14)16(23-24)12-2-1-6-22-18(12)26-17/h1-4,6,20-21,25H,5,7-11,19H2. The molecule has 0 bridgehead atoms. The highest BCUT2D eigenvalue weighted by Gasteiger charge is 2.26. The van der Waals surface area contributed by atoms with Crippen LogP contribution < -0.4 is 16.4 Å².